The average Bonchev–Trinajstić information content (AvgIpc) is 3.59. The van der Waals surface area contributed by atoms with Crippen molar-refractivity contribution in [1.82, 2.24) is 14.5 Å². The minimum absolute atomic E-state index is 0.0905. The van der Waals surface area contributed by atoms with E-state index in [0.29, 0.717) is 65.6 Å². The Balaban J connectivity index is 1.06. The van der Waals surface area contributed by atoms with Crippen molar-refractivity contribution in [2.45, 2.75) is 31.8 Å². The van der Waals surface area contributed by atoms with Crippen molar-refractivity contribution < 1.29 is 37.6 Å². The number of aliphatic hydroxyl groups is 1. The van der Waals surface area contributed by atoms with Crippen molar-refractivity contribution in [2.24, 2.45) is 0 Å². The number of aromatic nitrogens is 2. The van der Waals surface area contributed by atoms with Crippen LogP contribution in [0, 0.1) is 11.6 Å². The number of hydrogen-bond donors (Lipinski definition) is 2. The van der Waals surface area contributed by atoms with Gasteiger partial charge in [-0.2, -0.15) is 0 Å². The van der Waals surface area contributed by atoms with Gasteiger partial charge in [-0.3, -0.25) is 19.1 Å². The number of methoxy groups -OCH3 is 1. The molecule has 2 aliphatic heterocycles. The zero-order valence-electron chi connectivity index (χ0n) is 27.9. The van der Waals surface area contributed by atoms with Crippen molar-refractivity contribution in [1.29, 1.82) is 0 Å². The maximum absolute atomic E-state index is 15.5. The van der Waals surface area contributed by atoms with Crippen LogP contribution in [0.5, 0.6) is 28.7 Å². The number of ether oxygens (including phenoxy) is 4. The Hall–Kier alpha value is -5.53. The lowest BCUT2D eigenvalue weighted by atomic mass is 10.1. The fourth-order valence-corrected chi connectivity index (χ4v) is 6.42. The van der Waals surface area contributed by atoms with Crippen molar-refractivity contribution in [2.75, 3.05) is 45.3 Å². The zero-order valence-corrected chi connectivity index (χ0v) is 27.9. The Morgan fingerprint density at radius 3 is 2.69 bits per heavy atom. The molecule has 4 heterocycles. The summed E-state index contributed by atoms with van der Waals surface area (Å²) in [5.41, 5.74) is 0.772. The Bertz CT molecular complexity index is 2140. The standard InChI is InChI=1S/C38H36F2N4O7/c1-48-33-19-28-30(20-34(33)49-16-3-15-43-14-2-4-27(45)22-43)41-13-11-31(28)51-32-10-7-25(18-29(32)40)42-37(46)35-36-23(12-17-50-36)21-44(38(35)47)26-8-5-24(39)6-9-26/h5-11,13,18-21,27,45H,2-4,12,14-17,22H2,1H3,(H,42,46). The van der Waals surface area contributed by atoms with Crippen LogP contribution in [0.15, 0.2) is 77.9 Å². The molecule has 0 spiro atoms. The Labute approximate surface area is 292 Å². The molecule has 2 N–H and O–H groups in total. The van der Waals surface area contributed by atoms with Crippen LogP contribution in [0.1, 0.15) is 35.2 Å². The van der Waals surface area contributed by atoms with Gasteiger partial charge >= 0.3 is 0 Å². The number of anilines is 1. The van der Waals surface area contributed by atoms with Gasteiger partial charge in [-0.15, -0.1) is 0 Å². The highest BCUT2D eigenvalue weighted by molar-refractivity contribution is 6.06. The highest BCUT2D eigenvalue weighted by Gasteiger charge is 2.27. The lowest BCUT2D eigenvalue weighted by Crippen LogP contribution is -2.39. The summed E-state index contributed by atoms with van der Waals surface area (Å²) in [4.78, 5) is 33.6. The lowest BCUT2D eigenvalue weighted by molar-refractivity contribution is 0.0678. The zero-order chi connectivity index (χ0) is 35.5. The summed E-state index contributed by atoms with van der Waals surface area (Å²) in [5.74, 6) is -0.642. The molecule has 1 fully saturated rings. The number of fused-ring (bicyclic) bond motifs is 2. The summed E-state index contributed by atoms with van der Waals surface area (Å²) in [7, 11) is 1.53. The summed E-state index contributed by atoms with van der Waals surface area (Å²) in [6, 6.07) is 14.3. The number of rotatable bonds is 11. The van der Waals surface area contributed by atoms with Crippen LogP contribution < -0.4 is 29.8 Å². The van der Waals surface area contributed by atoms with Crippen molar-refractivity contribution in [3.63, 3.8) is 0 Å². The minimum atomic E-state index is -0.779. The average molecular weight is 699 g/mol. The van der Waals surface area contributed by atoms with E-state index in [1.54, 1.807) is 30.6 Å². The predicted octanol–water partition coefficient (Wildman–Crippen LogP) is 5.88. The van der Waals surface area contributed by atoms with Gasteiger partial charge in [0.25, 0.3) is 11.5 Å². The number of β-amino-alcohol motifs (C(OH)–C–C–N with tert-alkyl or cyclic N) is 1. The van der Waals surface area contributed by atoms with Gasteiger partial charge in [-0.05, 0) is 74.3 Å². The van der Waals surface area contributed by atoms with Gasteiger partial charge in [0.05, 0.1) is 31.9 Å². The van der Waals surface area contributed by atoms with Crippen LogP contribution >= 0.6 is 0 Å². The second-order valence-corrected chi connectivity index (χ2v) is 12.4. The number of hydrogen-bond acceptors (Lipinski definition) is 9. The molecule has 2 aliphatic rings. The number of likely N-dealkylation sites (tertiary alicyclic amines) is 1. The molecule has 0 saturated carbocycles. The molecular weight excluding hydrogens is 662 g/mol. The van der Waals surface area contributed by atoms with Crippen LogP contribution in [-0.2, 0) is 6.42 Å². The summed E-state index contributed by atoms with van der Waals surface area (Å²) < 4.78 is 53.5. The lowest BCUT2D eigenvalue weighted by Gasteiger charge is -2.29. The number of amides is 1. The predicted molar refractivity (Wildman–Crippen MR) is 186 cm³/mol. The maximum atomic E-state index is 15.5. The van der Waals surface area contributed by atoms with Crippen molar-refractivity contribution in [3.05, 3.63) is 106 Å². The third-order valence-electron chi connectivity index (χ3n) is 8.94. The fraction of sp³-hybridized carbons (Fsp3) is 0.289. The second-order valence-electron chi connectivity index (χ2n) is 12.4. The van der Waals surface area contributed by atoms with E-state index >= 15 is 4.39 Å². The topological polar surface area (TPSA) is 124 Å². The minimum Gasteiger partial charge on any atom is -0.493 e. The number of carbonyl (C=O) groups is 1. The van der Waals surface area contributed by atoms with Gasteiger partial charge < -0.3 is 34.3 Å². The third kappa shape index (κ3) is 7.35. The molecular formula is C38H36F2N4O7. The highest BCUT2D eigenvalue weighted by atomic mass is 19.1. The number of piperidine rings is 1. The molecule has 51 heavy (non-hydrogen) atoms. The molecule has 1 saturated heterocycles. The maximum Gasteiger partial charge on any atom is 0.271 e. The first-order chi connectivity index (χ1) is 24.8. The van der Waals surface area contributed by atoms with E-state index in [2.05, 4.69) is 15.2 Å². The van der Waals surface area contributed by atoms with E-state index in [0.717, 1.165) is 38.4 Å². The molecule has 0 radical (unpaired) electrons. The SMILES string of the molecule is COc1cc2c(Oc3ccc(NC(=O)c4c5c(cn(-c6ccc(F)cc6)c4=O)CCO5)cc3F)ccnc2cc1OCCCN1CCCC(O)C1. The number of nitrogens with zero attached hydrogens (tertiary/aromatic N) is 3. The summed E-state index contributed by atoms with van der Waals surface area (Å²) in [6.45, 7) is 3.20. The molecule has 3 aromatic carbocycles. The van der Waals surface area contributed by atoms with Gasteiger partial charge in [-0.25, -0.2) is 8.78 Å². The van der Waals surface area contributed by atoms with Gasteiger partial charge in [0.2, 0.25) is 0 Å². The number of benzene rings is 3. The van der Waals surface area contributed by atoms with E-state index in [9.17, 15) is 19.1 Å². The summed E-state index contributed by atoms with van der Waals surface area (Å²) >= 11 is 0. The number of halogens is 2. The number of nitrogens with one attached hydrogen (secondary N) is 1. The van der Waals surface area contributed by atoms with Crippen LogP contribution in [0.2, 0.25) is 0 Å². The fourth-order valence-electron chi connectivity index (χ4n) is 6.42. The van der Waals surface area contributed by atoms with Gasteiger partial charge in [-0.1, -0.05) is 0 Å². The summed E-state index contributed by atoms with van der Waals surface area (Å²) in [6.07, 6.45) is 5.93. The smallest absolute Gasteiger partial charge is 0.271 e. The van der Waals surface area contributed by atoms with Gasteiger partial charge in [0, 0.05) is 66.4 Å². The van der Waals surface area contributed by atoms with Gasteiger partial charge in [0.1, 0.15) is 22.9 Å². The molecule has 2 aromatic heterocycles. The molecule has 5 aromatic rings. The molecule has 264 valence electrons. The molecule has 1 unspecified atom stereocenters. The van der Waals surface area contributed by atoms with E-state index in [1.807, 2.05) is 0 Å². The van der Waals surface area contributed by atoms with Gasteiger partial charge in [0.15, 0.2) is 23.1 Å². The molecule has 11 nitrogen and oxygen atoms in total. The number of aliphatic hydroxyl groups excluding tert-OH is 1. The number of pyridine rings is 2. The normalized spacial score (nSPS) is 15.6. The number of carbonyl (C=O) groups excluding carboxylic acids is 1. The monoisotopic (exact) mass is 698 g/mol. The Morgan fingerprint density at radius 1 is 1.06 bits per heavy atom. The van der Waals surface area contributed by atoms with Crippen LogP contribution in [0.4, 0.5) is 14.5 Å². The largest absolute Gasteiger partial charge is 0.493 e. The molecule has 7 rings (SSSR count). The van der Waals surface area contributed by atoms with E-state index < -0.39 is 23.1 Å². The second kappa shape index (κ2) is 14.8. The van der Waals surface area contributed by atoms with E-state index in [-0.39, 0.29) is 28.9 Å². The summed E-state index contributed by atoms with van der Waals surface area (Å²) in [5, 5.41) is 13.1. The van der Waals surface area contributed by atoms with E-state index in [1.165, 1.54) is 48.1 Å². The third-order valence-corrected chi connectivity index (χ3v) is 8.94. The van der Waals surface area contributed by atoms with Crippen molar-refractivity contribution in [3.8, 4) is 34.4 Å². The Morgan fingerprint density at radius 2 is 1.90 bits per heavy atom. The van der Waals surface area contributed by atoms with Crippen LogP contribution in [0.25, 0.3) is 16.6 Å². The van der Waals surface area contributed by atoms with Crippen molar-refractivity contribution >= 4 is 22.5 Å². The van der Waals surface area contributed by atoms with E-state index in [4.69, 9.17) is 18.9 Å². The molecule has 0 bridgehead atoms. The van der Waals surface area contributed by atoms with Crippen LogP contribution in [-0.4, -0.2) is 71.5 Å². The molecule has 1 atom stereocenters. The molecule has 1 amide bonds. The van der Waals surface area contributed by atoms with Crippen LogP contribution in [0.3, 0.4) is 0 Å². The quantitative estimate of drug-likeness (QED) is 0.163. The highest BCUT2D eigenvalue weighted by Crippen LogP contribution is 2.38. The molecule has 13 heteroatoms. The first-order valence-corrected chi connectivity index (χ1v) is 16.7. The first kappa shape index (κ1) is 33.9. The first-order valence-electron chi connectivity index (χ1n) is 16.7. The Kier molecular flexibility index (Phi) is 9.82. The molecule has 0 aliphatic carbocycles.